The van der Waals surface area contributed by atoms with Gasteiger partial charge in [-0.1, -0.05) is 11.3 Å². The monoisotopic (exact) mass is 383 g/mol. The number of nitrogens with one attached hydrogen (secondary N) is 3. The van der Waals surface area contributed by atoms with E-state index in [-0.39, 0.29) is 17.7 Å². The molecule has 146 valence electrons. The molecule has 4 rings (SSSR count). The summed E-state index contributed by atoms with van der Waals surface area (Å²) >= 11 is 0. The van der Waals surface area contributed by atoms with E-state index in [0.29, 0.717) is 6.54 Å². The predicted molar refractivity (Wildman–Crippen MR) is 100 cm³/mol. The number of nitrogens with zero attached hydrogens (tertiary/aromatic N) is 3. The van der Waals surface area contributed by atoms with Crippen molar-refractivity contribution >= 4 is 22.8 Å². The Bertz CT molecular complexity index is 973. The van der Waals surface area contributed by atoms with E-state index in [1.54, 1.807) is 6.07 Å². The summed E-state index contributed by atoms with van der Waals surface area (Å²) in [5, 5.41) is 8.62. The highest BCUT2D eigenvalue weighted by Gasteiger charge is 2.27. The fraction of sp³-hybridized carbons (Fsp3) is 0.368. The molecule has 9 nitrogen and oxygen atoms in total. The van der Waals surface area contributed by atoms with Crippen LogP contribution in [0.2, 0.25) is 0 Å². The van der Waals surface area contributed by atoms with Crippen molar-refractivity contribution in [2.24, 2.45) is 0 Å². The van der Waals surface area contributed by atoms with E-state index in [0.717, 1.165) is 37.0 Å². The van der Waals surface area contributed by atoms with E-state index >= 15 is 0 Å². The molecule has 2 aromatic heterocycles. The second-order valence-corrected chi connectivity index (χ2v) is 7.16. The number of hydrogen-bond donors (Lipinski definition) is 3. The lowest BCUT2D eigenvalue weighted by atomic mass is 10.0. The number of benzene rings is 1. The van der Waals surface area contributed by atoms with Crippen LogP contribution in [0.15, 0.2) is 41.0 Å². The first-order valence-electron chi connectivity index (χ1n) is 9.38. The largest absolute Gasteiger partial charge is 0.459 e. The number of carbonyl (C=O) groups excluding carboxylic acids is 2. The molecule has 1 saturated heterocycles. The quantitative estimate of drug-likeness (QED) is 0.551. The number of furan rings is 1. The Morgan fingerprint density at radius 1 is 1.25 bits per heavy atom. The number of rotatable bonds is 4. The summed E-state index contributed by atoms with van der Waals surface area (Å²) in [6.07, 6.45) is 3.26. The van der Waals surface area contributed by atoms with Crippen LogP contribution in [0.1, 0.15) is 35.0 Å². The van der Waals surface area contributed by atoms with Crippen molar-refractivity contribution < 1.29 is 18.9 Å². The van der Waals surface area contributed by atoms with Crippen LogP contribution in [0, 0.1) is 6.92 Å². The van der Waals surface area contributed by atoms with E-state index < -0.39 is 5.91 Å². The van der Waals surface area contributed by atoms with Crippen molar-refractivity contribution in [2.45, 2.75) is 25.8 Å². The number of hydrazine groups is 1. The number of carbonyl (C=O) groups is 2. The average molecular weight is 383 g/mol. The Balaban J connectivity index is 1.27. The first-order valence-corrected chi connectivity index (χ1v) is 9.38. The molecule has 3 aromatic rings. The highest BCUT2D eigenvalue weighted by molar-refractivity contribution is 5.92. The van der Waals surface area contributed by atoms with Gasteiger partial charge in [-0.25, -0.2) is 4.68 Å². The summed E-state index contributed by atoms with van der Waals surface area (Å²) in [6, 6.07) is 9.62. The van der Waals surface area contributed by atoms with Crippen LogP contribution < -0.4 is 15.8 Å². The first kappa shape index (κ1) is 18.2. The molecule has 1 aliphatic heterocycles. The second kappa shape index (κ2) is 7.81. The Morgan fingerprint density at radius 3 is 2.82 bits per heavy atom. The molecule has 0 spiro atoms. The SMILES string of the molecule is Cc1ccc2c(c1)nnn2C1CC[NH+](CC(=O)NNC(=O)c2ccco2)CC1. The minimum absolute atomic E-state index is 0.156. The fourth-order valence-corrected chi connectivity index (χ4v) is 3.62. The molecule has 0 radical (unpaired) electrons. The van der Waals surface area contributed by atoms with Gasteiger partial charge in [0.2, 0.25) is 0 Å². The standard InChI is InChI=1S/C19H22N6O3/c1-13-4-5-16-15(11-13)20-23-25(16)14-6-8-24(9-7-14)12-18(26)21-22-19(27)17-3-2-10-28-17/h2-5,10-11,14H,6-9,12H2,1H3,(H,21,26)(H,22,27)/p+1. The van der Waals surface area contributed by atoms with E-state index in [2.05, 4.69) is 33.3 Å². The molecular formula is C19H23N6O3+. The van der Waals surface area contributed by atoms with Gasteiger partial charge in [0.25, 0.3) is 5.91 Å². The van der Waals surface area contributed by atoms with Crippen LogP contribution in [0.5, 0.6) is 0 Å². The molecule has 0 aliphatic carbocycles. The number of likely N-dealkylation sites (tertiary alicyclic amines) is 1. The van der Waals surface area contributed by atoms with Crippen molar-refractivity contribution in [1.82, 2.24) is 25.8 Å². The molecule has 0 bridgehead atoms. The van der Waals surface area contributed by atoms with Crippen molar-refractivity contribution in [3.05, 3.63) is 47.9 Å². The summed E-state index contributed by atoms with van der Waals surface area (Å²) in [5.74, 6) is -0.542. The normalized spacial score (nSPS) is 19.5. The average Bonchev–Trinajstić information content (AvgIpc) is 3.36. The summed E-state index contributed by atoms with van der Waals surface area (Å²) in [7, 11) is 0. The van der Waals surface area contributed by atoms with Gasteiger partial charge in [0.05, 0.1) is 30.9 Å². The minimum atomic E-state index is -0.472. The van der Waals surface area contributed by atoms with Crippen LogP contribution >= 0.6 is 0 Å². The molecule has 0 unspecified atom stereocenters. The maximum absolute atomic E-state index is 12.1. The van der Waals surface area contributed by atoms with E-state index in [1.807, 2.05) is 17.7 Å². The van der Waals surface area contributed by atoms with E-state index in [4.69, 9.17) is 4.42 Å². The lowest BCUT2D eigenvalue weighted by Crippen LogP contribution is -3.14. The number of fused-ring (bicyclic) bond motifs is 1. The molecule has 1 aromatic carbocycles. The highest BCUT2D eigenvalue weighted by Crippen LogP contribution is 2.22. The molecule has 0 atom stereocenters. The number of aryl methyl sites for hydroxylation is 1. The van der Waals surface area contributed by atoms with Crippen molar-refractivity contribution in [1.29, 1.82) is 0 Å². The third-order valence-electron chi connectivity index (χ3n) is 5.11. The Morgan fingerprint density at radius 2 is 2.07 bits per heavy atom. The molecule has 28 heavy (non-hydrogen) atoms. The van der Waals surface area contributed by atoms with Crippen LogP contribution in [-0.4, -0.2) is 46.4 Å². The van der Waals surface area contributed by atoms with Crippen LogP contribution in [0.25, 0.3) is 11.0 Å². The predicted octanol–water partition coefficient (Wildman–Crippen LogP) is 0.0137. The third kappa shape index (κ3) is 3.89. The molecule has 2 amide bonds. The first-order chi connectivity index (χ1) is 13.6. The number of amides is 2. The second-order valence-electron chi connectivity index (χ2n) is 7.16. The lowest BCUT2D eigenvalue weighted by Gasteiger charge is -2.29. The van der Waals surface area contributed by atoms with Gasteiger partial charge in [-0.3, -0.25) is 20.4 Å². The van der Waals surface area contributed by atoms with E-state index in [9.17, 15) is 9.59 Å². The van der Waals surface area contributed by atoms with Gasteiger partial charge in [-0.2, -0.15) is 0 Å². The van der Waals surface area contributed by atoms with Gasteiger partial charge >= 0.3 is 5.91 Å². The Kier molecular flexibility index (Phi) is 5.07. The highest BCUT2D eigenvalue weighted by atomic mass is 16.3. The molecule has 1 aliphatic rings. The van der Waals surface area contributed by atoms with Gasteiger partial charge in [0, 0.05) is 12.8 Å². The maximum Gasteiger partial charge on any atom is 0.305 e. The Labute approximate surface area is 161 Å². The zero-order valence-corrected chi connectivity index (χ0v) is 15.6. The molecule has 9 heteroatoms. The molecule has 3 N–H and O–H groups in total. The molecule has 1 fully saturated rings. The summed E-state index contributed by atoms with van der Waals surface area (Å²) < 4.78 is 6.99. The maximum atomic E-state index is 12.1. The summed E-state index contributed by atoms with van der Waals surface area (Å²) in [6.45, 7) is 4.07. The number of quaternary nitrogens is 1. The Hall–Kier alpha value is -3.20. The number of piperidine rings is 1. The van der Waals surface area contributed by atoms with Crippen molar-refractivity contribution in [3.8, 4) is 0 Å². The fourth-order valence-electron chi connectivity index (χ4n) is 3.62. The molecule has 0 saturated carbocycles. The van der Waals surface area contributed by atoms with Gasteiger partial charge in [0.15, 0.2) is 12.3 Å². The van der Waals surface area contributed by atoms with Gasteiger partial charge < -0.3 is 9.32 Å². The topological polar surface area (TPSA) is 106 Å². The van der Waals surface area contributed by atoms with Gasteiger partial charge in [0.1, 0.15) is 5.52 Å². The van der Waals surface area contributed by atoms with Gasteiger partial charge in [-0.15, -0.1) is 5.10 Å². The minimum Gasteiger partial charge on any atom is -0.459 e. The van der Waals surface area contributed by atoms with Gasteiger partial charge in [-0.05, 0) is 36.8 Å². The van der Waals surface area contributed by atoms with Crippen molar-refractivity contribution in [2.75, 3.05) is 19.6 Å². The smallest absolute Gasteiger partial charge is 0.305 e. The third-order valence-corrected chi connectivity index (χ3v) is 5.11. The number of aromatic nitrogens is 3. The summed E-state index contributed by atoms with van der Waals surface area (Å²) in [5.41, 5.74) is 7.94. The van der Waals surface area contributed by atoms with Crippen molar-refractivity contribution in [3.63, 3.8) is 0 Å². The van der Waals surface area contributed by atoms with Crippen LogP contribution in [0.4, 0.5) is 0 Å². The molecule has 3 heterocycles. The number of hydrogen-bond acceptors (Lipinski definition) is 5. The van der Waals surface area contributed by atoms with E-state index in [1.165, 1.54) is 22.8 Å². The zero-order valence-electron chi connectivity index (χ0n) is 15.6. The van der Waals surface area contributed by atoms with Crippen LogP contribution in [0.3, 0.4) is 0 Å². The summed E-state index contributed by atoms with van der Waals surface area (Å²) in [4.78, 5) is 25.0. The lowest BCUT2D eigenvalue weighted by molar-refractivity contribution is -0.897. The molecular weight excluding hydrogens is 360 g/mol. The van der Waals surface area contributed by atoms with Crippen LogP contribution in [-0.2, 0) is 4.79 Å². The zero-order chi connectivity index (χ0) is 19.5.